The highest BCUT2D eigenvalue weighted by atomic mass is 14.9. The van der Waals surface area contributed by atoms with E-state index < -0.39 is 0 Å². The van der Waals surface area contributed by atoms with Crippen molar-refractivity contribution >= 4 is 0 Å². The van der Waals surface area contributed by atoms with E-state index in [9.17, 15) is 0 Å². The van der Waals surface area contributed by atoms with Gasteiger partial charge in [-0.2, -0.15) is 0 Å². The highest BCUT2D eigenvalue weighted by Crippen LogP contribution is 2.49. The van der Waals surface area contributed by atoms with Crippen molar-refractivity contribution in [1.82, 2.24) is 5.32 Å². The summed E-state index contributed by atoms with van der Waals surface area (Å²) in [5.41, 5.74) is 0. The molecule has 104 valence electrons. The summed E-state index contributed by atoms with van der Waals surface area (Å²) in [4.78, 5) is 0. The molecule has 0 bridgehead atoms. The van der Waals surface area contributed by atoms with Gasteiger partial charge in [0.15, 0.2) is 0 Å². The Morgan fingerprint density at radius 3 is 1.72 bits per heavy atom. The first kappa shape index (κ1) is 13.0. The van der Waals surface area contributed by atoms with Crippen molar-refractivity contribution < 1.29 is 0 Å². The van der Waals surface area contributed by atoms with E-state index in [-0.39, 0.29) is 0 Å². The fourth-order valence-corrected chi connectivity index (χ4v) is 4.06. The van der Waals surface area contributed by atoms with Gasteiger partial charge in [0.1, 0.15) is 0 Å². The van der Waals surface area contributed by atoms with Crippen LogP contribution in [0.25, 0.3) is 0 Å². The summed E-state index contributed by atoms with van der Waals surface area (Å²) in [6, 6.07) is 0.847. The van der Waals surface area contributed by atoms with Gasteiger partial charge in [-0.15, -0.1) is 0 Å². The Morgan fingerprint density at radius 1 is 0.778 bits per heavy atom. The van der Waals surface area contributed by atoms with Crippen LogP contribution in [-0.4, -0.2) is 12.6 Å². The van der Waals surface area contributed by atoms with Crippen molar-refractivity contribution in [2.24, 2.45) is 29.6 Å². The first-order valence-electron chi connectivity index (χ1n) is 8.47. The van der Waals surface area contributed by atoms with E-state index in [1.807, 2.05) is 0 Å². The van der Waals surface area contributed by atoms with Gasteiger partial charge >= 0.3 is 0 Å². The maximum absolute atomic E-state index is 3.92. The molecule has 3 aliphatic carbocycles. The van der Waals surface area contributed by atoms with Crippen molar-refractivity contribution in [3.8, 4) is 0 Å². The molecule has 3 fully saturated rings. The lowest BCUT2D eigenvalue weighted by Gasteiger charge is -2.32. The molecule has 0 saturated heterocycles. The monoisotopic (exact) mass is 249 g/mol. The van der Waals surface area contributed by atoms with Gasteiger partial charge in [0.2, 0.25) is 0 Å². The third kappa shape index (κ3) is 3.29. The van der Waals surface area contributed by atoms with Gasteiger partial charge in [-0.25, -0.2) is 0 Å². The second-order valence-corrected chi connectivity index (χ2v) is 7.60. The minimum atomic E-state index is 0.847. The van der Waals surface area contributed by atoms with Gasteiger partial charge in [-0.1, -0.05) is 13.8 Å². The highest BCUT2D eigenvalue weighted by Gasteiger charge is 2.41. The van der Waals surface area contributed by atoms with Crippen LogP contribution in [-0.2, 0) is 0 Å². The first-order valence-corrected chi connectivity index (χ1v) is 8.47. The van der Waals surface area contributed by atoms with Crippen LogP contribution in [0.5, 0.6) is 0 Å². The smallest absolute Gasteiger partial charge is 0.00673 e. The fraction of sp³-hybridized carbons (Fsp3) is 1.00. The summed E-state index contributed by atoms with van der Waals surface area (Å²) in [5.74, 6) is 5.17. The van der Waals surface area contributed by atoms with Crippen LogP contribution >= 0.6 is 0 Å². The molecule has 0 aromatic carbocycles. The molecule has 0 amide bonds. The normalized spacial score (nSPS) is 33.3. The van der Waals surface area contributed by atoms with Gasteiger partial charge in [0, 0.05) is 6.04 Å². The summed E-state index contributed by atoms with van der Waals surface area (Å²) in [6.07, 6.45) is 11.9. The van der Waals surface area contributed by atoms with E-state index in [2.05, 4.69) is 19.2 Å². The van der Waals surface area contributed by atoms with Crippen LogP contribution in [0.15, 0.2) is 0 Å². The zero-order chi connectivity index (χ0) is 12.5. The van der Waals surface area contributed by atoms with Crippen LogP contribution in [0.1, 0.15) is 65.2 Å². The SMILES string of the molecule is CC(C)C1CCC(NCC(C2CC2)C2CC2)CC1. The molecule has 1 nitrogen and oxygen atoms in total. The number of hydrogen-bond acceptors (Lipinski definition) is 1. The van der Waals surface area contributed by atoms with E-state index in [1.165, 1.54) is 57.9 Å². The van der Waals surface area contributed by atoms with E-state index in [0.29, 0.717) is 0 Å². The average molecular weight is 249 g/mol. The van der Waals surface area contributed by atoms with Crippen LogP contribution in [0, 0.1) is 29.6 Å². The molecular weight excluding hydrogens is 218 g/mol. The van der Waals surface area contributed by atoms with Crippen LogP contribution < -0.4 is 5.32 Å². The van der Waals surface area contributed by atoms with Crippen molar-refractivity contribution in [3.05, 3.63) is 0 Å². The molecule has 3 aliphatic rings. The standard InChI is InChI=1S/C17H31N/c1-12(2)13-7-9-16(10-8-13)18-11-17(14-3-4-14)15-5-6-15/h12-18H,3-11H2,1-2H3. The Balaban J connectivity index is 1.38. The summed E-state index contributed by atoms with van der Waals surface area (Å²) in [5, 5.41) is 3.92. The molecule has 0 unspecified atom stereocenters. The fourth-order valence-electron chi connectivity index (χ4n) is 4.06. The van der Waals surface area contributed by atoms with Crippen LogP contribution in [0.3, 0.4) is 0 Å². The number of hydrogen-bond donors (Lipinski definition) is 1. The second-order valence-electron chi connectivity index (χ2n) is 7.60. The quantitative estimate of drug-likeness (QED) is 0.743. The molecule has 0 heterocycles. The lowest BCUT2D eigenvalue weighted by molar-refractivity contribution is 0.228. The van der Waals surface area contributed by atoms with Crippen molar-refractivity contribution in [2.75, 3.05) is 6.54 Å². The zero-order valence-corrected chi connectivity index (χ0v) is 12.3. The van der Waals surface area contributed by atoms with Crippen molar-refractivity contribution in [2.45, 2.75) is 71.3 Å². The molecular formula is C17H31N. The predicted octanol–water partition coefficient (Wildman–Crippen LogP) is 4.23. The Labute approximate surface area is 113 Å². The number of rotatable bonds is 6. The van der Waals surface area contributed by atoms with Gasteiger partial charge in [-0.3, -0.25) is 0 Å². The van der Waals surface area contributed by atoms with Gasteiger partial charge < -0.3 is 5.32 Å². The summed E-state index contributed by atoms with van der Waals surface area (Å²) in [7, 11) is 0. The molecule has 3 saturated carbocycles. The molecule has 0 aromatic heterocycles. The molecule has 0 radical (unpaired) electrons. The van der Waals surface area contributed by atoms with E-state index >= 15 is 0 Å². The molecule has 0 aromatic rings. The Bertz CT molecular complexity index is 245. The Kier molecular flexibility index (Phi) is 3.98. The van der Waals surface area contributed by atoms with Crippen LogP contribution in [0.4, 0.5) is 0 Å². The Morgan fingerprint density at radius 2 is 1.28 bits per heavy atom. The van der Waals surface area contributed by atoms with E-state index in [0.717, 1.165) is 35.6 Å². The maximum Gasteiger partial charge on any atom is 0.00673 e. The van der Waals surface area contributed by atoms with Gasteiger partial charge in [0.25, 0.3) is 0 Å². The summed E-state index contributed by atoms with van der Waals surface area (Å²) >= 11 is 0. The minimum Gasteiger partial charge on any atom is -0.314 e. The summed E-state index contributed by atoms with van der Waals surface area (Å²) < 4.78 is 0. The second kappa shape index (κ2) is 5.53. The Hall–Kier alpha value is -0.0400. The third-order valence-electron chi connectivity index (χ3n) is 5.81. The predicted molar refractivity (Wildman–Crippen MR) is 77.5 cm³/mol. The highest BCUT2D eigenvalue weighted by molar-refractivity contribution is 4.93. The van der Waals surface area contributed by atoms with Crippen molar-refractivity contribution in [3.63, 3.8) is 0 Å². The largest absolute Gasteiger partial charge is 0.314 e. The molecule has 0 aliphatic heterocycles. The molecule has 1 N–H and O–H groups in total. The molecule has 0 atom stereocenters. The lowest BCUT2D eigenvalue weighted by Crippen LogP contribution is -2.38. The molecule has 18 heavy (non-hydrogen) atoms. The lowest BCUT2D eigenvalue weighted by atomic mass is 9.79. The zero-order valence-electron chi connectivity index (χ0n) is 12.3. The average Bonchev–Trinajstić information content (AvgIpc) is 3.24. The van der Waals surface area contributed by atoms with Crippen LogP contribution in [0.2, 0.25) is 0 Å². The summed E-state index contributed by atoms with van der Waals surface area (Å²) in [6.45, 7) is 6.13. The van der Waals surface area contributed by atoms with Gasteiger partial charge in [0.05, 0.1) is 0 Å². The third-order valence-corrected chi connectivity index (χ3v) is 5.81. The number of nitrogens with one attached hydrogen (secondary N) is 1. The first-order chi connectivity index (χ1) is 8.74. The maximum atomic E-state index is 3.92. The molecule has 3 rings (SSSR count). The molecule has 0 spiro atoms. The minimum absolute atomic E-state index is 0.847. The van der Waals surface area contributed by atoms with E-state index in [1.54, 1.807) is 0 Å². The van der Waals surface area contributed by atoms with Gasteiger partial charge in [-0.05, 0) is 87.5 Å². The topological polar surface area (TPSA) is 12.0 Å². The molecule has 1 heteroatoms. The van der Waals surface area contributed by atoms with E-state index in [4.69, 9.17) is 0 Å². The van der Waals surface area contributed by atoms with Crippen molar-refractivity contribution in [1.29, 1.82) is 0 Å².